The molecule has 0 atom stereocenters. The fraction of sp³-hybridized carbons (Fsp3) is 0.136. The normalized spacial score (nSPS) is 11.1. The summed E-state index contributed by atoms with van der Waals surface area (Å²) in [6.07, 6.45) is 0. The van der Waals surface area contributed by atoms with E-state index in [0.29, 0.717) is 16.8 Å². The average Bonchev–Trinajstić information content (AvgIpc) is 2.67. The third-order valence-corrected chi connectivity index (χ3v) is 5.93. The number of amides is 1. The first-order valence-electron chi connectivity index (χ1n) is 8.83. The van der Waals surface area contributed by atoms with E-state index in [1.165, 1.54) is 12.1 Å². The summed E-state index contributed by atoms with van der Waals surface area (Å²) in [5.41, 5.74) is 4.53. The second kappa shape index (κ2) is 7.86. The topological polar surface area (TPSA) is 75.3 Å². The fourth-order valence-corrected chi connectivity index (χ4v) is 3.90. The van der Waals surface area contributed by atoms with Crippen LogP contribution in [0.15, 0.2) is 71.6 Å². The molecule has 28 heavy (non-hydrogen) atoms. The van der Waals surface area contributed by atoms with Crippen LogP contribution < -0.4 is 10.0 Å². The standard InChI is InChI=1S/C22H22N2O3S/c1-15-9-11-19(14-16(15)2)23-22(25)18-10-12-21(17(3)13-18)24-28(26,27)20-7-5-4-6-8-20/h4-14,24H,1-3H3,(H,23,25). The first-order valence-corrected chi connectivity index (χ1v) is 10.3. The lowest BCUT2D eigenvalue weighted by Gasteiger charge is -2.12. The van der Waals surface area contributed by atoms with Gasteiger partial charge in [0.2, 0.25) is 0 Å². The van der Waals surface area contributed by atoms with Gasteiger partial charge in [0.1, 0.15) is 0 Å². The van der Waals surface area contributed by atoms with E-state index < -0.39 is 10.0 Å². The molecule has 3 aromatic carbocycles. The van der Waals surface area contributed by atoms with E-state index in [9.17, 15) is 13.2 Å². The molecule has 0 aliphatic rings. The zero-order valence-corrected chi connectivity index (χ0v) is 16.8. The summed E-state index contributed by atoms with van der Waals surface area (Å²) in [5.74, 6) is -0.246. The maximum absolute atomic E-state index is 12.5. The predicted octanol–water partition coefficient (Wildman–Crippen LogP) is 4.66. The van der Waals surface area contributed by atoms with Gasteiger partial charge in [-0.25, -0.2) is 8.42 Å². The van der Waals surface area contributed by atoms with Gasteiger partial charge in [0.05, 0.1) is 10.6 Å². The van der Waals surface area contributed by atoms with Crippen LogP contribution in [0, 0.1) is 20.8 Å². The van der Waals surface area contributed by atoms with Gasteiger partial charge < -0.3 is 5.32 Å². The number of carbonyl (C=O) groups excluding carboxylic acids is 1. The van der Waals surface area contributed by atoms with Crippen LogP contribution in [0.4, 0.5) is 11.4 Å². The average molecular weight is 394 g/mol. The number of benzene rings is 3. The zero-order chi connectivity index (χ0) is 20.3. The maximum atomic E-state index is 12.5. The number of rotatable bonds is 5. The summed E-state index contributed by atoms with van der Waals surface area (Å²) in [6, 6.07) is 18.8. The predicted molar refractivity (Wildman–Crippen MR) is 112 cm³/mol. The molecule has 0 fully saturated rings. The molecule has 0 heterocycles. The minimum absolute atomic E-state index is 0.186. The highest BCUT2D eigenvalue weighted by Gasteiger charge is 2.16. The summed E-state index contributed by atoms with van der Waals surface area (Å²) < 4.78 is 27.5. The van der Waals surface area contributed by atoms with E-state index in [1.807, 2.05) is 32.0 Å². The number of aryl methyl sites for hydroxylation is 3. The number of sulfonamides is 1. The molecule has 0 unspecified atom stereocenters. The van der Waals surface area contributed by atoms with Crippen molar-refractivity contribution in [2.75, 3.05) is 10.0 Å². The van der Waals surface area contributed by atoms with Gasteiger partial charge in [-0.1, -0.05) is 24.3 Å². The second-order valence-electron chi connectivity index (χ2n) is 6.70. The van der Waals surface area contributed by atoms with E-state index in [2.05, 4.69) is 10.0 Å². The third kappa shape index (κ3) is 4.40. The smallest absolute Gasteiger partial charge is 0.261 e. The minimum atomic E-state index is -3.68. The molecule has 0 aromatic heterocycles. The van der Waals surface area contributed by atoms with Crippen molar-refractivity contribution >= 4 is 27.3 Å². The van der Waals surface area contributed by atoms with Crippen LogP contribution in [-0.2, 0) is 10.0 Å². The van der Waals surface area contributed by atoms with Crippen molar-refractivity contribution in [2.24, 2.45) is 0 Å². The van der Waals surface area contributed by atoms with Gasteiger partial charge in [-0.15, -0.1) is 0 Å². The zero-order valence-electron chi connectivity index (χ0n) is 16.0. The van der Waals surface area contributed by atoms with Gasteiger partial charge in [0, 0.05) is 11.3 Å². The molecule has 0 saturated heterocycles. The Balaban J connectivity index is 1.78. The molecule has 144 valence electrons. The molecular weight excluding hydrogens is 372 g/mol. The molecular formula is C22H22N2O3S. The molecule has 0 aliphatic heterocycles. The highest BCUT2D eigenvalue weighted by molar-refractivity contribution is 7.92. The van der Waals surface area contributed by atoms with Crippen LogP contribution in [-0.4, -0.2) is 14.3 Å². The molecule has 6 heteroatoms. The van der Waals surface area contributed by atoms with Crippen molar-refractivity contribution in [3.8, 4) is 0 Å². The first-order chi connectivity index (χ1) is 13.3. The summed E-state index contributed by atoms with van der Waals surface area (Å²) in [7, 11) is -3.68. The Morgan fingerprint density at radius 2 is 1.50 bits per heavy atom. The van der Waals surface area contributed by atoms with Crippen molar-refractivity contribution in [1.82, 2.24) is 0 Å². The highest BCUT2D eigenvalue weighted by Crippen LogP contribution is 2.22. The third-order valence-electron chi connectivity index (χ3n) is 4.55. The SMILES string of the molecule is Cc1ccc(NC(=O)c2ccc(NS(=O)(=O)c3ccccc3)c(C)c2)cc1C. The van der Waals surface area contributed by atoms with E-state index in [-0.39, 0.29) is 10.8 Å². The number of nitrogens with one attached hydrogen (secondary N) is 2. The number of hydrogen-bond donors (Lipinski definition) is 2. The van der Waals surface area contributed by atoms with Gasteiger partial charge in [0.25, 0.3) is 15.9 Å². The van der Waals surface area contributed by atoms with E-state index in [1.54, 1.807) is 43.3 Å². The summed E-state index contributed by atoms with van der Waals surface area (Å²) >= 11 is 0. The molecule has 3 rings (SSSR count). The summed E-state index contributed by atoms with van der Waals surface area (Å²) in [4.78, 5) is 12.7. The van der Waals surface area contributed by atoms with Gasteiger partial charge in [-0.05, 0) is 79.9 Å². The van der Waals surface area contributed by atoms with Crippen molar-refractivity contribution in [3.05, 3.63) is 89.0 Å². The van der Waals surface area contributed by atoms with Crippen molar-refractivity contribution < 1.29 is 13.2 Å². The number of anilines is 2. The number of carbonyl (C=O) groups is 1. The molecule has 0 aliphatic carbocycles. The van der Waals surface area contributed by atoms with Crippen LogP contribution in [0.1, 0.15) is 27.0 Å². The molecule has 0 saturated carbocycles. The van der Waals surface area contributed by atoms with Crippen molar-refractivity contribution in [2.45, 2.75) is 25.7 Å². The quantitative estimate of drug-likeness (QED) is 0.661. The van der Waals surface area contributed by atoms with Crippen LogP contribution in [0.3, 0.4) is 0 Å². The van der Waals surface area contributed by atoms with Gasteiger partial charge in [0.15, 0.2) is 0 Å². The molecule has 0 radical (unpaired) electrons. The molecule has 0 spiro atoms. The number of hydrogen-bond acceptors (Lipinski definition) is 3. The molecule has 1 amide bonds. The Labute approximate surface area is 165 Å². The lowest BCUT2D eigenvalue weighted by molar-refractivity contribution is 0.102. The molecule has 0 bridgehead atoms. The van der Waals surface area contributed by atoms with E-state index >= 15 is 0 Å². The lowest BCUT2D eigenvalue weighted by Crippen LogP contribution is -2.15. The van der Waals surface area contributed by atoms with Gasteiger partial charge in [-0.2, -0.15) is 0 Å². The Morgan fingerprint density at radius 3 is 2.14 bits per heavy atom. The van der Waals surface area contributed by atoms with Crippen LogP contribution >= 0.6 is 0 Å². The lowest BCUT2D eigenvalue weighted by atomic mass is 10.1. The fourth-order valence-electron chi connectivity index (χ4n) is 2.75. The molecule has 5 nitrogen and oxygen atoms in total. The monoisotopic (exact) mass is 394 g/mol. The Kier molecular flexibility index (Phi) is 5.51. The summed E-state index contributed by atoms with van der Waals surface area (Å²) in [5, 5.41) is 2.87. The van der Waals surface area contributed by atoms with Gasteiger partial charge >= 0.3 is 0 Å². The van der Waals surface area contributed by atoms with Crippen LogP contribution in [0.25, 0.3) is 0 Å². The van der Waals surface area contributed by atoms with Crippen LogP contribution in [0.2, 0.25) is 0 Å². The Morgan fingerprint density at radius 1 is 0.786 bits per heavy atom. The van der Waals surface area contributed by atoms with E-state index in [4.69, 9.17) is 0 Å². The first kappa shape index (κ1) is 19.6. The highest BCUT2D eigenvalue weighted by atomic mass is 32.2. The van der Waals surface area contributed by atoms with E-state index in [0.717, 1.165) is 16.8 Å². The van der Waals surface area contributed by atoms with Crippen LogP contribution in [0.5, 0.6) is 0 Å². The summed E-state index contributed by atoms with van der Waals surface area (Å²) in [6.45, 7) is 5.76. The second-order valence-corrected chi connectivity index (χ2v) is 8.38. The maximum Gasteiger partial charge on any atom is 0.261 e. The van der Waals surface area contributed by atoms with Crippen molar-refractivity contribution in [1.29, 1.82) is 0 Å². The molecule has 2 N–H and O–H groups in total. The Hall–Kier alpha value is -3.12. The molecule has 3 aromatic rings. The Bertz CT molecular complexity index is 1120. The minimum Gasteiger partial charge on any atom is -0.322 e. The van der Waals surface area contributed by atoms with Gasteiger partial charge in [-0.3, -0.25) is 9.52 Å². The van der Waals surface area contributed by atoms with Crippen molar-refractivity contribution in [3.63, 3.8) is 0 Å². The largest absolute Gasteiger partial charge is 0.322 e.